The Morgan fingerprint density at radius 2 is 1.90 bits per heavy atom. The monoisotopic (exact) mass is 269 g/mol. The van der Waals surface area contributed by atoms with Crippen LogP contribution >= 0.6 is 0 Å². The van der Waals surface area contributed by atoms with Gasteiger partial charge in [0, 0.05) is 6.54 Å². The molecule has 1 amide bonds. The summed E-state index contributed by atoms with van der Waals surface area (Å²) in [7, 11) is 0. The maximum atomic E-state index is 12.0. The number of hydrogen-bond acceptors (Lipinski definition) is 3. The van der Waals surface area contributed by atoms with E-state index in [1.54, 1.807) is 0 Å². The summed E-state index contributed by atoms with van der Waals surface area (Å²) in [6.45, 7) is 0.361. The molecule has 1 atom stereocenters. The van der Waals surface area contributed by atoms with Crippen LogP contribution in [-0.2, 0) is 4.79 Å². The molecule has 1 unspecified atom stereocenters. The zero-order chi connectivity index (χ0) is 14.2. The van der Waals surface area contributed by atoms with Crippen LogP contribution in [0.3, 0.4) is 0 Å². The van der Waals surface area contributed by atoms with Crippen molar-refractivity contribution in [1.82, 2.24) is 5.32 Å². The van der Waals surface area contributed by atoms with Crippen molar-refractivity contribution in [2.24, 2.45) is 11.5 Å². The first-order valence-corrected chi connectivity index (χ1v) is 6.91. The Morgan fingerprint density at radius 1 is 1.20 bits per heavy atom. The Kier molecular flexibility index (Phi) is 3.20. The van der Waals surface area contributed by atoms with Crippen LogP contribution in [0, 0.1) is 0 Å². The van der Waals surface area contributed by atoms with Crippen molar-refractivity contribution in [2.75, 3.05) is 6.54 Å². The summed E-state index contributed by atoms with van der Waals surface area (Å²) < 4.78 is 0. The van der Waals surface area contributed by atoms with E-state index in [-0.39, 0.29) is 11.9 Å². The van der Waals surface area contributed by atoms with Gasteiger partial charge in [0.25, 0.3) is 0 Å². The van der Waals surface area contributed by atoms with E-state index < -0.39 is 5.54 Å². The molecule has 1 aliphatic rings. The van der Waals surface area contributed by atoms with Gasteiger partial charge in [0.1, 0.15) is 0 Å². The Morgan fingerprint density at radius 3 is 2.55 bits per heavy atom. The minimum Gasteiger partial charge on any atom is -0.346 e. The van der Waals surface area contributed by atoms with Crippen molar-refractivity contribution in [1.29, 1.82) is 0 Å². The minimum atomic E-state index is -0.662. The van der Waals surface area contributed by atoms with Crippen molar-refractivity contribution >= 4 is 16.7 Å². The van der Waals surface area contributed by atoms with Gasteiger partial charge in [-0.05, 0) is 35.2 Å². The van der Waals surface area contributed by atoms with Gasteiger partial charge in [0.05, 0.1) is 11.6 Å². The number of rotatable bonds is 4. The zero-order valence-electron chi connectivity index (χ0n) is 11.3. The molecule has 4 nitrogen and oxygen atoms in total. The van der Waals surface area contributed by atoms with Gasteiger partial charge >= 0.3 is 0 Å². The van der Waals surface area contributed by atoms with E-state index in [4.69, 9.17) is 11.5 Å². The lowest BCUT2D eigenvalue weighted by Gasteiger charge is -2.20. The molecule has 1 fully saturated rings. The van der Waals surface area contributed by atoms with Crippen LogP contribution in [0.5, 0.6) is 0 Å². The average Bonchev–Trinajstić information content (AvgIpc) is 3.23. The smallest absolute Gasteiger partial charge is 0.240 e. The number of benzene rings is 2. The van der Waals surface area contributed by atoms with Crippen molar-refractivity contribution in [3.8, 4) is 0 Å². The number of nitrogens with one attached hydrogen (secondary N) is 1. The molecule has 0 bridgehead atoms. The first-order chi connectivity index (χ1) is 9.62. The number of fused-ring (bicyclic) bond motifs is 1. The van der Waals surface area contributed by atoms with E-state index >= 15 is 0 Å². The van der Waals surface area contributed by atoms with Crippen molar-refractivity contribution in [3.05, 3.63) is 48.0 Å². The third-order valence-corrected chi connectivity index (χ3v) is 3.96. The van der Waals surface area contributed by atoms with Crippen LogP contribution in [0.4, 0.5) is 0 Å². The number of hydrogen-bond donors (Lipinski definition) is 3. The fourth-order valence-electron chi connectivity index (χ4n) is 2.37. The Hall–Kier alpha value is -1.91. The Bertz CT molecular complexity index is 649. The van der Waals surface area contributed by atoms with Crippen molar-refractivity contribution < 1.29 is 4.79 Å². The Labute approximate surface area is 118 Å². The van der Waals surface area contributed by atoms with Gasteiger partial charge in [-0.15, -0.1) is 0 Å². The summed E-state index contributed by atoms with van der Waals surface area (Å²) in [5, 5.41) is 5.28. The highest BCUT2D eigenvalue weighted by Gasteiger charge is 2.46. The molecule has 2 aromatic carbocycles. The lowest BCUT2D eigenvalue weighted by molar-refractivity contribution is -0.124. The van der Waals surface area contributed by atoms with Crippen LogP contribution < -0.4 is 16.8 Å². The highest BCUT2D eigenvalue weighted by molar-refractivity contribution is 5.89. The van der Waals surface area contributed by atoms with E-state index in [1.807, 2.05) is 18.2 Å². The predicted molar refractivity (Wildman–Crippen MR) is 80.0 cm³/mol. The Balaban J connectivity index is 1.85. The maximum absolute atomic E-state index is 12.0. The lowest BCUT2D eigenvalue weighted by atomic mass is 10.0. The summed E-state index contributed by atoms with van der Waals surface area (Å²) >= 11 is 0. The zero-order valence-corrected chi connectivity index (χ0v) is 11.3. The fourth-order valence-corrected chi connectivity index (χ4v) is 2.37. The molecule has 1 aliphatic carbocycles. The van der Waals surface area contributed by atoms with Crippen LogP contribution in [0.1, 0.15) is 24.4 Å². The molecule has 104 valence electrons. The van der Waals surface area contributed by atoms with Crippen LogP contribution in [0.25, 0.3) is 10.8 Å². The highest BCUT2D eigenvalue weighted by Crippen LogP contribution is 2.33. The summed E-state index contributed by atoms with van der Waals surface area (Å²) in [6.07, 6.45) is 1.52. The van der Waals surface area contributed by atoms with Crippen molar-refractivity contribution in [2.45, 2.75) is 24.4 Å². The largest absolute Gasteiger partial charge is 0.346 e. The summed E-state index contributed by atoms with van der Waals surface area (Å²) in [5.41, 5.74) is 12.1. The molecular formula is C16H19N3O. The number of carbonyl (C=O) groups is 1. The van der Waals surface area contributed by atoms with Gasteiger partial charge in [0.15, 0.2) is 0 Å². The summed E-state index contributed by atoms with van der Waals surface area (Å²) in [6, 6.07) is 14.1. The maximum Gasteiger partial charge on any atom is 0.240 e. The number of carbonyl (C=O) groups excluding carboxylic acids is 1. The third-order valence-electron chi connectivity index (χ3n) is 3.96. The predicted octanol–water partition coefficient (Wildman–Crippen LogP) is 1.45. The van der Waals surface area contributed by atoms with E-state index in [0.29, 0.717) is 6.54 Å². The highest BCUT2D eigenvalue weighted by atomic mass is 16.2. The summed E-state index contributed by atoms with van der Waals surface area (Å²) in [4.78, 5) is 12.0. The normalized spacial score (nSPS) is 17.7. The van der Waals surface area contributed by atoms with E-state index in [2.05, 4.69) is 29.6 Å². The van der Waals surface area contributed by atoms with Gasteiger partial charge in [0.2, 0.25) is 5.91 Å². The van der Waals surface area contributed by atoms with E-state index in [9.17, 15) is 4.79 Å². The lowest BCUT2D eigenvalue weighted by Crippen LogP contribution is -2.45. The molecule has 0 heterocycles. The first kappa shape index (κ1) is 13.1. The number of nitrogens with two attached hydrogens (primary N) is 2. The minimum absolute atomic E-state index is 0.0962. The average molecular weight is 269 g/mol. The molecule has 4 heteroatoms. The molecule has 2 aromatic rings. The second-order valence-corrected chi connectivity index (χ2v) is 5.52. The summed E-state index contributed by atoms with van der Waals surface area (Å²) in [5.74, 6) is -0.0962. The van der Waals surface area contributed by atoms with Gasteiger partial charge < -0.3 is 16.8 Å². The fraction of sp³-hybridized carbons (Fsp3) is 0.312. The van der Waals surface area contributed by atoms with Crippen LogP contribution in [0.2, 0.25) is 0 Å². The quantitative estimate of drug-likeness (QED) is 0.785. The SMILES string of the molecule is NCC(NC(=O)C1(N)CC1)c1ccc2ccccc2c1. The molecule has 20 heavy (non-hydrogen) atoms. The van der Waals surface area contributed by atoms with Crippen LogP contribution in [-0.4, -0.2) is 18.0 Å². The molecule has 0 spiro atoms. The number of amides is 1. The van der Waals surface area contributed by atoms with Crippen molar-refractivity contribution in [3.63, 3.8) is 0 Å². The molecule has 5 N–H and O–H groups in total. The molecule has 0 aromatic heterocycles. The third kappa shape index (κ3) is 2.40. The second-order valence-electron chi connectivity index (χ2n) is 5.52. The molecule has 0 radical (unpaired) electrons. The van der Waals surface area contributed by atoms with Gasteiger partial charge in [-0.3, -0.25) is 4.79 Å². The van der Waals surface area contributed by atoms with Gasteiger partial charge in [-0.2, -0.15) is 0 Å². The molecule has 1 saturated carbocycles. The standard InChI is InChI=1S/C16H19N3O/c17-10-14(19-15(20)16(18)7-8-16)13-6-5-11-3-1-2-4-12(11)9-13/h1-6,9,14H,7-8,10,17-18H2,(H,19,20). The second kappa shape index (κ2) is 4.89. The van der Waals surface area contributed by atoms with E-state index in [0.717, 1.165) is 23.8 Å². The first-order valence-electron chi connectivity index (χ1n) is 6.91. The van der Waals surface area contributed by atoms with Gasteiger partial charge in [-0.25, -0.2) is 0 Å². The topological polar surface area (TPSA) is 81.1 Å². The molecule has 0 aliphatic heterocycles. The molecule has 3 rings (SSSR count). The van der Waals surface area contributed by atoms with Gasteiger partial charge in [-0.1, -0.05) is 36.4 Å². The molecule has 0 saturated heterocycles. The van der Waals surface area contributed by atoms with Crippen LogP contribution in [0.15, 0.2) is 42.5 Å². The van der Waals surface area contributed by atoms with E-state index in [1.165, 1.54) is 5.39 Å². The molecular weight excluding hydrogens is 250 g/mol.